The normalized spacial score (nSPS) is 27.4. The number of methoxy groups -OCH3 is 1. The largest absolute Gasteiger partial charge is 0.381 e. The molecule has 0 aromatic heterocycles. The summed E-state index contributed by atoms with van der Waals surface area (Å²) in [7, 11) is 4.05. The predicted octanol–water partition coefficient (Wildman–Crippen LogP) is 1.86. The van der Waals surface area contributed by atoms with Gasteiger partial charge in [-0.2, -0.15) is 0 Å². The van der Waals surface area contributed by atoms with Crippen molar-refractivity contribution in [3.05, 3.63) is 0 Å². The number of nitrogens with zero attached hydrogens (tertiary/aromatic N) is 1. The van der Waals surface area contributed by atoms with Crippen LogP contribution in [0.2, 0.25) is 0 Å². The first-order valence-corrected chi connectivity index (χ1v) is 6.41. The fraction of sp³-hybridized carbons (Fsp3) is 1.00. The summed E-state index contributed by atoms with van der Waals surface area (Å²) < 4.78 is 5.48. The van der Waals surface area contributed by atoms with Crippen LogP contribution in [-0.4, -0.2) is 44.3 Å². The molecule has 3 heteroatoms. The monoisotopic (exact) mass is 228 g/mol. The van der Waals surface area contributed by atoms with Gasteiger partial charge in [0.05, 0.1) is 6.10 Å². The molecule has 0 radical (unpaired) electrons. The minimum absolute atomic E-state index is 0.217. The lowest BCUT2D eigenvalue weighted by atomic mass is 9.88. The number of ether oxygens (including phenoxy) is 1. The molecule has 16 heavy (non-hydrogen) atoms. The quantitative estimate of drug-likeness (QED) is 0.780. The third-order valence-electron chi connectivity index (χ3n) is 3.79. The fourth-order valence-corrected chi connectivity index (χ4v) is 2.60. The summed E-state index contributed by atoms with van der Waals surface area (Å²) >= 11 is 0. The molecule has 96 valence electrons. The van der Waals surface area contributed by atoms with Crippen LogP contribution in [0.5, 0.6) is 0 Å². The van der Waals surface area contributed by atoms with Crippen LogP contribution < -0.4 is 5.73 Å². The van der Waals surface area contributed by atoms with E-state index in [1.54, 1.807) is 0 Å². The van der Waals surface area contributed by atoms with Crippen molar-refractivity contribution in [3.63, 3.8) is 0 Å². The van der Waals surface area contributed by atoms with Gasteiger partial charge < -0.3 is 15.4 Å². The first-order chi connectivity index (χ1) is 7.48. The lowest BCUT2D eigenvalue weighted by Crippen LogP contribution is -2.44. The zero-order chi connectivity index (χ0) is 12.2. The van der Waals surface area contributed by atoms with Crippen LogP contribution in [0, 0.1) is 5.41 Å². The molecule has 2 unspecified atom stereocenters. The third-order valence-corrected chi connectivity index (χ3v) is 3.79. The van der Waals surface area contributed by atoms with Crippen LogP contribution in [0.25, 0.3) is 0 Å². The molecule has 0 amide bonds. The molecular weight excluding hydrogens is 200 g/mol. The van der Waals surface area contributed by atoms with Gasteiger partial charge in [0.1, 0.15) is 0 Å². The molecule has 0 aromatic rings. The van der Waals surface area contributed by atoms with Crippen LogP contribution in [0.15, 0.2) is 0 Å². The Hall–Kier alpha value is -0.120. The molecule has 0 aromatic carbocycles. The van der Waals surface area contributed by atoms with E-state index in [-0.39, 0.29) is 5.41 Å². The molecule has 3 nitrogen and oxygen atoms in total. The highest BCUT2D eigenvalue weighted by Gasteiger charge is 2.27. The van der Waals surface area contributed by atoms with Crippen molar-refractivity contribution in [3.8, 4) is 0 Å². The second-order valence-corrected chi connectivity index (χ2v) is 5.96. The van der Waals surface area contributed by atoms with Gasteiger partial charge in [-0.05, 0) is 44.7 Å². The van der Waals surface area contributed by atoms with Gasteiger partial charge in [-0.3, -0.25) is 0 Å². The van der Waals surface area contributed by atoms with Gasteiger partial charge in [0, 0.05) is 19.7 Å². The van der Waals surface area contributed by atoms with E-state index in [1.165, 1.54) is 25.7 Å². The Balaban J connectivity index is 2.44. The molecule has 1 aliphatic carbocycles. The van der Waals surface area contributed by atoms with E-state index in [4.69, 9.17) is 10.5 Å². The highest BCUT2D eigenvalue weighted by molar-refractivity contribution is 4.82. The van der Waals surface area contributed by atoms with Crippen molar-refractivity contribution in [1.29, 1.82) is 0 Å². The maximum atomic E-state index is 5.79. The summed E-state index contributed by atoms with van der Waals surface area (Å²) in [4.78, 5) is 2.47. The number of rotatable bonds is 5. The molecule has 2 atom stereocenters. The number of nitrogens with two attached hydrogens (primary N) is 1. The highest BCUT2D eigenvalue weighted by atomic mass is 16.5. The molecule has 0 aliphatic heterocycles. The van der Waals surface area contributed by atoms with Crippen LogP contribution in [0.4, 0.5) is 0 Å². The Morgan fingerprint density at radius 2 is 2.06 bits per heavy atom. The van der Waals surface area contributed by atoms with Crippen LogP contribution >= 0.6 is 0 Å². The predicted molar refractivity (Wildman–Crippen MR) is 68.5 cm³/mol. The second-order valence-electron chi connectivity index (χ2n) is 5.96. The maximum absolute atomic E-state index is 5.79. The van der Waals surface area contributed by atoms with E-state index in [2.05, 4.69) is 25.8 Å². The summed E-state index contributed by atoms with van der Waals surface area (Å²) in [5.41, 5.74) is 6.00. The summed E-state index contributed by atoms with van der Waals surface area (Å²) in [6.07, 6.45) is 5.45. The minimum Gasteiger partial charge on any atom is -0.381 e. The molecule has 0 bridgehead atoms. The van der Waals surface area contributed by atoms with E-state index < -0.39 is 0 Å². The lowest BCUT2D eigenvalue weighted by molar-refractivity contribution is 0.0266. The summed E-state index contributed by atoms with van der Waals surface area (Å²) in [5.74, 6) is 0. The minimum atomic E-state index is 0.217. The zero-order valence-electron chi connectivity index (χ0n) is 11.3. The Morgan fingerprint density at radius 3 is 2.62 bits per heavy atom. The van der Waals surface area contributed by atoms with Crippen molar-refractivity contribution in [2.24, 2.45) is 11.1 Å². The average molecular weight is 228 g/mol. The van der Waals surface area contributed by atoms with E-state index >= 15 is 0 Å². The van der Waals surface area contributed by atoms with E-state index in [0.717, 1.165) is 13.1 Å². The number of hydrogen-bond donors (Lipinski definition) is 1. The molecule has 1 saturated carbocycles. The maximum Gasteiger partial charge on any atom is 0.0586 e. The van der Waals surface area contributed by atoms with Crippen LogP contribution in [0.1, 0.15) is 39.5 Å². The van der Waals surface area contributed by atoms with Gasteiger partial charge in [0.15, 0.2) is 0 Å². The Morgan fingerprint density at radius 1 is 1.38 bits per heavy atom. The first kappa shape index (κ1) is 13.9. The van der Waals surface area contributed by atoms with Crippen molar-refractivity contribution in [2.75, 3.05) is 27.2 Å². The average Bonchev–Trinajstić information content (AvgIpc) is 2.28. The Bertz CT molecular complexity index is 206. The molecule has 1 aliphatic rings. The van der Waals surface area contributed by atoms with Gasteiger partial charge in [-0.25, -0.2) is 0 Å². The first-order valence-electron chi connectivity index (χ1n) is 6.41. The van der Waals surface area contributed by atoms with E-state index in [1.807, 2.05) is 7.11 Å². The van der Waals surface area contributed by atoms with Crippen molar-refractivity contribution >= 4 is 0 Å². The van der Waals surface area contributed by atoms with Crippen LogP contribution in [-0.2, 0) is 4.74 Å². The van der Waals surface area contributed by atoms with Crippen molar-refractivity contribution < 1.29 is 4.74 Å². The van der Waals surface area contributed by atoms with Crippen molar-refractivity contribution in [1.82, 2.24) is 4.90 Å². The van der Waals surface area contributed by atoms with E-state index in [0.29, 0.717) is 12.1 Å². The van der Waals surface area contributed by atoms with Gasteiger partial charge in [0.25, 0.3) is 0 Å². The summed E-state index contributed by atoms with van der Waals surface area (Å²) in [5, 5.41) is 0. The molecule has 0 heterocycles. The third kappa shape index (κ3) is 4.04. The van der Waals surface area contributed by atoms with Gasteiger partial charge in [-0.15, -0.1) is 0 Å². The SMILES string of the molecule is COC1CCCC(N(C)CC(C)(C)CN)C1. The molecule has 0 saturated heterocycles. The summed E-state index contributed by atoms with van der Waals surface area (Å²) in [6.45, 7) is 6.29. The highest BCUT2D eigenvalue weighted by Crippen LogP contribution is 2.26. The molecule has 1 fully saturated rings. The molecular formula is C13H28N2O. The zero-order valence-corrected chi connectivity index (χ0v) is 11.3. The topological polar surface area (TPSA) is 38.5 Å². The van der Waals surface area contributed by atoms with Crippen LogP contribution in [0.3, 0.4) is 0 Å². The van der Waals surface area contributed by atoms with Gasteiger partial charge in [-0.1, -0.05) is 13.8 Å². The molecule has 2 N–H and O–H groups in total. The number of hydrogen-bond acceptors (Lipinski definition) is 3. The van der Waals surface area contributed by atoms with Gasteiger partial charge in [0.2, 0.25) is 0 Å². The summed E-state index contributed by atoms with van der Waals surface area (Å²) in [6, 6.07) is 0.671. The van der Waals surface area contributed by atoms with E-state index in [9.17, 15) is 0 Å². The van der Waals surface area contributed by atoms with Gasteiger partial charge >= 0.3 is 0 Å². The fourth-order valence-electron chi connectivity index (χ4n) is 2.60. The lowest BCUT2D eigenvalue weighted by Gasteiger charge is -2.38. The van der Waals surface area contributed by atoms with Crippen molar-refractivity contribution in [2.45, 2.75) is 51.7 Å². The molecule has 1 rings (SSSR count). The Labute approximate surface area is 100 Å². The second kappa shape index (κ2) is 5.99. The molecule has 0 spiro atoms. The standard InChI is InChI=1S/C13H28N2O/c1-13(2,9-14)10-15(3)11-6-5-7-12(8-11)16-4/h11-12H,5-10,14H2,1-4H3. The smallest absolute Gasteiger partial charge is 0.0586 e. The Kier molecular flexibility index (Phi) is 5.22.